The first-order valence-electron chi connectivity index (χ1n) is 13.1. The van der Waals surface area contributed by atoms with Gasteiger partial charge in [-0.05, 0) is 25.7 Å². The van der Waals surface area contributed by atoms with E-state index in [1.54, 1.807) is 38.1 Å². The molecule has 12 nitrogen and oxygen atoms in total. The molecule has 0 spiro atoms. The SMILES string of the molecule is CCOC(=O)N1CCN(C(=O)C(CCC(=O)O)NC(=O)c2cc(C#CC(O)CC)nc(-c3ccccc3)n2)CC1. The van der Waals surface area contributed by atoms with Gasteiger partial charge in [0.05, 0.1) is 6.61 Å². The average molecular weight is 552 g/mol. The summed E-state index contributed by atoms with van der Waals surface area (Å²) in [7, 11) is 0. The minimum atomic E-state index is -1.13. The molecule has 1 aliphatic heterocycles. The number of rotatable bonds is 9. The molecular formula is C28H33N5O7. The number of carbonyl (C=O) groups is 4. The number of aliphatic hydroxyl groups excluding tert-OH is 1. The van der Waals surface area contributed by atoms with Crippen molar-refractivity contribution in [2.45, 2.75) is 45.3 Å². The third-order valence-electron chi connectivity index (χ3n) is 6.11. The molecular weight excluding hydrogens is 518 g/mol. The minimum Gasteiger partial charge on any atom is -0.481 e. The second-order valence-electron chi connectivity index (χ2n) is 8.99. The Labute approximate surface area is 232 Å². The van der Waals surface area contributed by atoms with Crippen LogP contribution in [0.5, 0.6) is 0 Å². The second kappa shape index (κ2) is 14.6. The van der Waals surface area contributed by atoms with Gasteiger partial charge in [-0.3, -0.25) is 14.4 Å². The molecule has 3 rings (SSSR count). The van der Waals surface area contributed by atoms with Crippen LogP contribution in [-0.4, -0.2) is 98.8 Å². The van der Waals surface area contributed by atoms with Crippen LogP contribution in [0.4, 0.5) is 4.79 Å². The van der Waals surface area contributed by atoms with E-state index in [2.05, 4.69) is 27.1 Å². The molecule has 2 heterocycles. The van der Waals surface area contributed by atoms with Crippen LogP contribution in [0.1, 0.15) is 49.3 Å². The number of hydrogen-bond donors (Lipinski definition) is 3. The van der Waals surface area contributed by atoms with Gasteiger partial charge >= 0.3 is 12.1 Å². The van der Waals surface area contributed by atoms with Gasteiger partial charge in [-0.25, -0.2) is 14.8 Å². The molecule has 1 aromatic carbocycles. The number of nitrogens with one attached hydrogen (secondary N) is 1. The Kier molecular flexibility index (Phi) is 11.0. The van der Waals surface area contributed by atoms with E-state index in [0.717, 1.165) is 0 Å². The number of carboxylic acid groups (broad SMARTS) is 1. The summed E-state index contributed by atoms with van der Waals surface area (Å²) in [6.07, 6.45) is -1.39. The lowest BCUT2D eigenvalue weighted by Gasteiger charge is -2.35. The molecule has 3 N–H and O–H groups in total. The van der Waals surface area contributed by atoms with Crippen molar-refractivity contribution in [2.24, 2.45) is 0 Å². The normalized spacial score (nSPS) is 14.4. The standard InChI is InChI=1S/C28H33N5O7/c1-3-21(34)11-10-20-18-23(30-25(29-20)19-8-6-5-7-9-19)26(37)31-22(12-13-24(35)36)27(38)32-14-16-33(17-15-32)28(39)40-4-2/h5-9,18,21-22,34H,3-4,12-17H2,1-2H3,(H,31,37)(H,35,36). The predicted octanol–water partition coefficient (Wildman–Crippen LogP) is 1.53. The van der Waals surface area contributed by atoms with Gasteiger partial charge in [0.2, 0.25) is 5.91 Å². The van der Waals surface area contributed by atoms with E-state index in [0.29, 0.717) is 12.0 Å². The van der Waals surface area contributed by atoms with Gasteiger partial charge in [0.25, 0.3) is 5.91 Å². The van der Waals surface area contributed by atoms with E-state index in [4.69, 9.17) is 4.74 Å². The monoisotopic (exact) mass is 551 g/mol. The maximum absolute atomic E-state index is 13.3. The highest BCUT2D eigenvalue weighted by atomic mass is 16.6. The summed E-state index contributed by atoms with van der Waals surface area (Å²) >= 11 is 0. The molecule has 1 aliphatic rings. The fraction of sp³-hybridized carbons (Fsp3) is 0.429. The molecule has 2 atom stereocenters. The quantitative estimate of drug-likeness (QED) is 0.392. The van der Waals surface area contributed by atoms with Crippen molar-refractivity contribution in [1.82, 2.24) is 25.1 Å². The molecule has 1 fully saturated rings. The number of hydrogen-bond acceptors (Lipinski definition) is 8. The first kappa shape index (κ1) is 30.0. The van der Waals surface area contributed by atoms with Crippen LogP contribution in [0.3, 0.4) is 0 Å². The number of benzene rings is 1. The van der Waals surface area contributed by atoms with E-state index in [9.17, 15) is 29.4 Å². The molecule has 0 radical (unpaired) electrons. The zero-order valence-corrected chi connectivity index (χ0v) is 22.5. The Balaban J connectivity index is 1.83. The molecule has 212 valence electrons. The zero-order valence-electron chi connectivity index (χ0n) is 22.5. The maximum atomic E-state index is 13.3. The largest absolute Gasteiger partial charge is 0.481 e. The lowest BCUT2D eigenvalue weighted by atomic mass is 10.1. The van der Waals surface area contributed by atoms with E-state index in [-0.39, 0.29) is 62.8 Å². The molecule has 0 bridgehead atoms. The molecule has 1 saturated heterocycles. The smallest absolute Gasteiger partial charge is 0.409 e. The molecule has 0 aliphatic carbocycles. The summed E-state index contributed by atoms with van der Waals surface area (Å²) in [6, 6.07) is 9.16. The number of piperazine rings is 1. The highest BCUT2D eigenvalue weighted by molar-refractivity contribution is 5.96. The zero-order chi connectivity index (χ0) is 29.1. The summed E-state index contributed by atoms with van der Waals surface area (Å²) in [5.41, 5.74) is 0.772. The van der Waals surface area contributed by atoms with Crippen molar-refractivity contribution >= 4 is 23.9 Å². The highest BCUT2D eigenvalue weighted by Gasteiger charge is 2.31. The number of aliphatic hydroxyl groups is 1. The Morgan fingerprint density at radius 3 is 2.35 bits per heavy atom. The van der Waals surface area contributed by atoms with Crippen LogP contribution in [0.25, 0.3) is 11.4 Å². The lowest BCUT2D eigenvalue weighted by Crippen LogP contribution is -2.56. The fourth-order valence-corrected chi connectivity index (χ4v) is 3.91. The number of carbonyl (C=O) groups excluding carboxylic acids is 3. The van der Waals surface area contributed by atoms with Gasteiger partial charge in [0.15, 0.2) is 5.82 Å². The Hall–Kier alpha value is -4.50. The topological polar surface area (TPSA) is 162 Å². The number of aliphatic carboxylic acids is 1. The number of nitrogens with zero attached hydrogens (tertiary/aromatic N) is 4. The van der Waals surface area contributed by atoms with Gasteiger partial charge in [-0.15, -0.1) is 0 Å². The van der Waals surface area contributed by atoms with E-state index < -0.39 is 36.0 Å². The van der Waals surface area contributed by atoms with Gasteiger partial charge < -0.3 is 30.1 Å². The van der Waals surface area contributed by atoms with Crippen LogP contribution >= 0.6 is 0 Å². The van der Waals surface area contributed by atoms with Crippen molar-refractivity contribution < 1.29 is 34.1 Å². The van der Waals surface area contributed by atoms with Crippen LogP contribution in [0.15, 0.2) is 36.4 Å². The van der Waals surface area contributed by atoms with Crippen molar-refractivity contribution in [2.75, 3.05) is 32.8 Å². The molecule has 2 unspecified atom stereocenters. The molecule has 3 amide bonds. The van der Waals surface area contributed by atoms with Gasteiger partial charge in [0.1, 0.15) is 23.5 Å². The van der Waals surface area contributed by atoms with Crippen LogP contribution in [0.2, 0.25) is 0 Å². The first-order valence-corrected chi connectivity index (χ1v) is 13.1. The van der Waals surface area contributed by atoms with Crippen LogP contribution in [0, 0.1) is 11.8 Å². The summed E-state index contributed by atoms with van der Waals surface area (Å²) in [5, 5.41) is 21.7. The number of amides is 3. The molecule has 2 aromatic rings. The Morgan fingerprint density at radius 1 is 1.05 bits per heavy atom. The summed E-state index contributed by atoms with van der Waals surface area (Å²) in [4.78, 5) is 61.7. The summed E-state index contributed by atoms with van der Waals surface area (Å²) < 4.78 is 5.00. The molecule has 12 heteroatoms. The molecule has 40 heavy (non-hydrogen) atoms. The Morgan fingerprint density at radius 2 is 1.73 bits per heavy atom. The maximum Gasteiger partial charge on any atom is 0.409 e. The van der Waals surface area contributed by atoms with E-state index >= 15 is 0 Å². The second-order valence-corrected chi connectivity index (χ2v) is 8.99. The summed E-state index contributed by atoms with van der Waals surface area (Å²) in [5.74, 6) is 3.39. The van der Waals surface area contributed by atoms with Crippen LogP contribution in [-0.2, 0) is 14.3 Å². The summed E-state index contributed by atoms with van der Waals surface area (Å²) in [6.45, 7) is 4.65. The lowest BCUT2D eigenvalue weighted by molar-refractivity contribution is -0.138. The van der Waals surface area contributed by atoms with Gasteiger partial charge in [0, 0.05) is 44.2 Å². The third kappa shape index (κ3) is 8.51. The fourth-order valence-electron chi connectivity index (χ4n) is 3.91. The van der Waals surface area contributed by atoms with Crippen molar-refractivity contribution in [3.05, 3.63) is 47.8 Å². The van der Waals surface area contributed by atoms with Crippen molar-refractivity contribution in [3.8, 4) is 23.2 Å². The third-order valence-corrected chi connectivity index (χ3v) is 6.11. The van der Waals surface area contributed by atoms with Crippen molar-refractivity contribution in [1.29, 1.82) is 0 Å². The van der Waals surface area contributed by atoms with E-state index in [1.807, 2.05) is 6.07 Å². The van der Waals surface area contributed by atoms with Gasteiger partial charge in [-0.2, -0.15) is 0 Å². The number of aromatic nitrogens is 2. The van der Waals surface area contributed by atoms with Crippen molar-refractivity contribution in [3.63, 3.8) is 0 Å². The predicted molar refractivity (Wildman–Crippen MR) is 144 cm³/mol. The Bertz CT molecular complexity index is 1270. The minimum absolute atomic E-state index is 0.0654. The number of carboxylic acids is 1. The molecule has 1 aromatic heterocycles. The molecule has 0 saturated carbocycles. The van der Waals surface area contributed by atoms with Gasteiger partial charge in [-0.1, -0.05) is 43.2 Å². The van der Waals surface area contributed by atoms with E-state index in [1.165, 1.54) is 15.9 Å². The first-order chi connectivity index (χ1) is 19.2. The average Bonchev–Trinajstić information content (AvgIpc) is 2.97. The number of ether oxygens (including phenoxy) is 1. The highest BCUT2D eigenvalue weighted by Crippen LogP contribution is 2.16. The van der Waals surface area contributed by atoms with Crippen LogP contribution < -0.4 is 5.32 Å².